The molecule has 1 amide bonds. The summed E-state index contributed by atoms with van der Waals surface area (Å²) >= 11 is 1.40. The molecule has 1 heterocycles. The average Bonchev–Trinajstić information content (AvgIpc) is 3.12. The molecule has 0 atom stereocenters. The molecule has 1 N–H and O–H groups in total. The van der Waals surface area contributed by atoms with Gasteiger partial charge in [0.15, 0.2) is 5.16 Å². The minimum absolute atomic E-state index is 0.0497. The van der Waals surface area contributed by atoms with E-state index in [1.54, 1.807) is 7.11 Å². The number of carbonyl (C=O) groups is 1. The van der Waals surface area contributed by atoms with Crippen molar-refractivity contribution in [2.75, 3.05) is 18.2 Å². The van der Waals surface area contributed by atoms with E-state index in [1.165, 1.54) is 22.9 Å². The summed E-state index contributed by atoms with van der Waals surface area (Å²) in [6.45, 7) is 4.30. The molecule has 0 unspecified atom stereocenters. The lowest BCUT2D eigenvalue weighted by atomic mass is 10.0. The highest BCUT2D eigenvalue weighted by Gasteiger charge is 2.12. The Morgan fingerprint density at radius 1 is 1.06 bits per heavy atom. The molecule has 0 aliphatic heterocycles. The van der Waals surface area contributed by atoms with Crippen LogP contribution in [0.2, 0.25) is 0 Å². The Morgan fingerprint density at radius 3 is 2.42 bits per heavy atom. The Morgan fingerprint density at radius 2 is 1.77 bits per heavy atom. The first-order chi connectivity index (χ1) is 15.0. The van der Waals surface area contributed by atoms with Gasteiger partial charge in [-0.1, -0.05) is 49.9 Å². The van der Waals surface area contributed by atoms with Gasteiger partial charge in [0.2, 0.25) is 5.91 Å². The van der Waals surface area contributed by atoms with Crippen LogP contribution in [0.15, 0.2) is 53.7 Å². The van der Waals surface area contributed by atoms with E-state index in [2.05, 4.69) is 41.5 Å². The van der Waals surface area contributed by atoms with E-state index in [4.69, 9.17) is 4.74 Å². The lowest BCUT2D eigenvalue weighted by Gasteiger charge is -2.08. The van der Waals surface area contributed by atoms with Gasteiger partial charge in [-0.15, -0.1) is 10.2 Å². The van der Waals surface area contributed by atoms with Crippen molar-refractivity contribution in [3.05, 3.63) is 65.5 Å². The smallest absolute Gasteiger partial charge is 0.234 e. The van der Waals surface area contributed by atoms with Crippen LogP contribution in [0.5, 0.6) is 5.75 Å². The number of hydrogen-bond acceptors (Lipinski definition) is 5. The number of amides is 1. The third-order valence-electron chi connectivity index (χ3n) is 5.14. The predicted octanol–water partition coefficient (Wildman–Crippen LogP) is 4.85. The fraction of sp³-hybridized carbons (Fsp3) is 0.375. The number of hydrogen-bond donors (Lipinski definition) is 1. The zero-order valence-corrected chi connectivity index (χ0v) is 19.4. The van der Waals surface area contributed by atoms with Crippen LogP contribution < -0.4 is 10.1 Å². The average molecular weight is 439 g/mol. The fourth-order valence-corrected chi connectivity index (χ4v) is 3.94. The Labute approximate surface area is 188 Å². The van der Waals surface area contributed by atoms with Gasteiger partial charge in [0.05, 0.1) is 12.9 Å². The number of nitrogens with one attached hydrogen (secondary N) is 1. The summed E-state index contributed by atoms with van der Waals surface area (Å²) in [6, 6.07) is 16.1. The van der Waals surface area contributed by atoms with E-state index < -0.39 is 0 Å². The molecule has 1 aromatic heterocycles. The van der Waals surface area contributed by atoms with E-state index in [0.29, 0.717) is 11.7 Å². The normalized spacial score (nSPS) is 11.0. The van der Waals surface area contributed by atoms with E-state index in [9.17, 15) is 4.79 Å². The summed E-state index contributed by atoms with van der Waals surface area (Å²) in [5.74, 6) is 2.52. The third kappa shape index (κ3) is 6.59. The van der Waals surface area contributed by atoms with Crippen molar-refractivity contribution in [2.24, 2.45) is 7.05 Å². The maximum Gasteiger partial charge on any atom is 0.234 e. The van der Waals surface area contributed by atoms with Gasteiger partial charge >= 0.3 is 0 Å². The first-order valence-electron chi connectivity index (χ1n) is 10.5. The van der Waals surface area contributed by atoms with Crippen LogP contribution in [0.4, 0.5) is 5.69 Å². The molecule has 3 rings (SSSR count). The molecule has 31 heavy (non-hydrogen) atoms. The minimum Gasteiger partial charge on any atom is -0.497 e. The number of rotatable bonds is 10. The van der Waals surface area contributed by atoms with E-state index >= 15 is 0 Å². The summed E-state index contributed by atoms with van der Waals surface area (Å²) in [6.07, 6.45) is 2.79. The second kappa shape index (κ2) is 11.0. The predicted molar refractivity (Wildman–Crippen MR) is 126 cm³/mol. The molecule has 0 bridgehead atoms. The molecule has 0 aliphatic rings. The monoisotopic (exact) mass is 438 g/mol. The molecule has 0 fully saturated rings. The second-order valence-electron chi connectivity index (χ2n) is 7.77. The number of aromatic nitrogens is 3. The number of methoxy groups -OCH3 is 1. The quantitative estimate of drug-likeness (QED) is 0.458. The van der Waals surface area contributed by atoms with Crippen LogP contribution in [-0.2, 0) is 24.7 Å². The van der Waals surface area contributed by atoms with E-state index in [0.717, 1.165) is 41.7 Å². The summed E-state index contributed by atoms with van der Waals surface area (Å²) in [7, 11) is 3.62. The Bertz CT molecular complexity index is 982. The van der Waals surface area contributed by atoms with Gasteiger partial charge in [0, 0.05) is 19.2 Å². The molecule has 0 saturated heterocycles. The molecule has 7 heteroatoms. The highest BCUT2D eigenvalue weighted by Crippen LogP contribution is 2.20. The van der Waals surface area contributed by atoms with Gasteiger partial charge in [-0.3, -0.25) is 4.79 Å². The molecule has 0 saturated carbocycles. The number of nitrogens with zero attached hydrogens (tertiary/aromatic N) is 3. The Hall–Kier alpha value is -2.80. The maximum absolute atomic E-state index is 12.3. The van der Waals surface area contributed by atoms with Crippen LogP contribution >= 0.6 is 11.8 Å². The Kier molecular flexibility index (Phi) is 8.12. The number of aryl methyl sites for hydroxylation is 2. The minimum atomic E-state index is -0.0497. The van der Waals surface area contributed by atoms with Gasteiger partial charge in [-0.25, -0.2) is 0 Å². The summed E-state index contributed by atoms with van der Waals surface area (Å²) in [4.78, 5) is 12.3. The largest absolute Gasteiger partial charge is 0.497 e. The van der Waals surface area contributed by atoms with Crippen LogP contribution in [-0.4, -0.2) is 33.5 Å². The molecular weight excluding hydrogens is 408 g/mol. The second-order valence-corrected chi connectivity index (χ2v) is 8.72. The van der Waals surface area contributed by atoms with Crippen molar-refractivity contribution in [3.63, 3.8) is 0 Å². The van der Waals surface area contributed by atoms with Crippen molar-refractivity contribution in [2.45, 2.75) is 44.2 Å². The maximum atomic E-state index is 12.3. The lowest BCUT2D eigenvalue weighted by Crippen LogP contribution is -2.14. The summed E-state index contributed by atoms with van der Waals surface area (Å²) < 4.78 is 7.17. The molecule has 6 nitrogen and oxygen atoms in total. The zero-order chi connectivity index (χ0) is 22.2. The number of anilines is 1. The molecule has 3 aromatic rings. The molecule has 0 radical (unpaired) electrons. The molecule has 164 valence electrons. The number of benzene rings is 2. The first kappa shape index (κ1) is 22.9. The molecule has 0 spiro atoms. The van der Waals surface area contributed by atoms with Crippen molar-refractivity contribution in [1.82, 2.24) is 14.8 Å². The summed E-state index contributed by atoms with van der Waals surface area (Å²) in [5, 5.41) is 12.2. The highest BCUT2D eigenvalue weighted by atomic mass is 32.2. The van der Waals surface area contributed by atoms with Crippen LogP contribution in [0.3, 0.4) is 0 Å². The number of carbonyl (C=O) groups excluding carboxylic acids is 1. The number of ether oxygens (including phenoxy) is 1. The Balaban J connectivity index is 1.45. The van der Waals surface area contributed by atoms with E-state index in [-0.39, 0.29) is 5.91 Å². The summed E-state index contributed by atoms with van der Waals surface area (Å²) in [5.41, 5.74) is 3.34. The standard InChI is InChI=1S/C24H30N4O2S/c1-17(2)19-10-12-20(13-11-19)25-23(29)16-31-24-27-26-22(28(24)3)7-5-6-18-8-14-21(30-4)15-9-18/h8-15,17H,5-7,16H2,1-4H3,(H,25,29). The van der Waals surface area contributed by atoms with Gasteiger partial charge in [0.25, 0.3) is 0 Å². The van der Waals surface area contributed by atoms with E-state index in [1.807, 2.05) is 48.0 Å². The SMILES string of the molecule is COc1ccc(CCCc2nnc(SCC(=O)Nc3ccc(C(C)C)cc3)n2C)cc1. The van der Waals surface area contributed by atoms with Gasteiger partial charge in [-0.2, -0.15) is 0 Å². The van der Waals surface area contributed by atoms with Crippen LogP contribution in [0.25, 0.3) is 0 Å². The highest BCUT2D eigenvalue weighted by molar-refractivity contribution is 7.99. The van der Waals surface area contributed by atoms with Crippen molar-refractivity contribution in [1.29, 1.82) is 0 Å². The van der Waals surface area contributed by atoms with Crippen LogP contribution in [0, 0.1) is 0 Å². The molecular formula is C24H30N4O2S. The lowest BCUT2D eigenvalue weighted by molar-refractivity contribution is -0.113. The van der Waals surface area contributed by atoms with Crippen molar-refractivity contribution < 1.29 is 9.53 Å². The van der Waals surface area contributed by atoms with Crippen LogP contribution in [0.1, 0.15) is 43.1 Å². The van der Waals surface area contributed by atoms with Gasteiger partial charge in [0.1, 0.15) is 11.6 Å². The number of thioether (sulfide) groups is 1. The fourth-order valence-electron chi connectivity index (χ4n) is 3.21. The van der Waals surface area contributed by atoms with Gasteiger partial charge < -0.3 is 14.6 Å². The van der Waals surface area contributed by atoms with Gasteiger partial charge in [-0.05, 0) is 54.2 Å². The van der Waals surface area contributed by atoms with Crippen molar-refractivity contribution >= 4 is 23.4 Å². The zero-order valence-electron chi connectivity index (χ0n) is 18.6. The van der Waals surface area contributed by atoms with Crippen molar-refractivity contribution in [3.8, 4) is 5.75 Å². The third-order valence-corrected chi connectivity index (χ3v) is 6.16. The molecule has 0 aliphatic carbocycles. The first-order valence-corrected chi connectivity index (χ1v) is 11.5. The topological polar surface area (TPSA) is 69.0 Å². The molecule has 2 aromatic carbocycles.